The normalized spacial score (nSPS) is 25.4. The van der Waals surface area contributed by atoms with Gasteiger partial charge in [0.05, 0.1) is 12.1 Å². The Bertz CT molecular complexity index is 367. The summed E-state index contributed by atoms with van der Waals surface area (Å²) in [5, 5.41) is 13.4. The van der Waals surface area contributed by atoms with E-state index in [2.05, 4.69) is 40.3 Å². The van der Waals surface area contributed by atoms with E-state index in [4.69, 9.17) is 0 Å². The molecule has 16 heavy (non-hydrogen) atoms. The second-order valence-electron chi connectivity index (χ2n) is 4.59. The first kappa shape index (κ1) is 11.9. The van der Waals surface area contributed by atoms with Crippen LogP contribution in [0.5, 0.6) is 0 Å². The predicted molar refractivity (Wildman–Crippen MR) is 70.8 cm³/mol. The van der Waals surface area contributed by atoms with Gasteiger partial charge in [0.15, 0.2) is 0 Å². The van der Waals surface area contributed by atoms with E-state index in [1.165, 1.54) is 12.0 Å². The number of hydrogen-bond donors (Lipinski definition) is 2. The first-order valence-electron chi connectivity index (χ1n) is 5.87. The smallest absolute Gasteiger partial charge is 0.0741 e. The number of aliphatic hydroxyl groups is 1. The van der Waals surface area contributed by atoms with Gasteiger partial charge in [-0.2, -0.15) is 0 Å². The largest absolute Gasteiger partial charge is 0.391 e. The van der Waals surface area contributed by atoms with Crippen molar-refractivity contribution in [2.45, 2.75) is 44.8 Å². The van der Waals surface area contributed by atoms with Crippen LogP contribution in [0.15, 0.2) is 22.7 Å². The highest BCUT2D eigenvalue weighted by atomic mass is 79.9. The number of nitrogens with one attached hydrogen (secondary N) is 1. The summed E-state index contributed by atoms with van der Waals surface area (Å²) in [6.07, 6.45) is 4.12. The summed E-state index contributed by atoms with van der Waals surface area (Å²) < 4.78 is 1.07. The van der Waals surface area contributed by atoms with Crippen LogP contribution in [0, 0.1) is 6.92 Å². The Morgan fingerprint density at radius 1 is 1.31 bits per heavy atom. The highest BCUT2D eigenvalue weighted by Gasteiger charge is 2.23. The Hall–Kier alpha value is -0.540. The molecule has 0 aromatic heterocycles. The molecule has 0 amide bonds. The third-order valence-electron chi connectivity index (χ3n) is 3.19. The Morgan fingerprint density at radius 3 is 2.81 bits per heavy atom. The minimum atomic E-state index is -0.207. The first-order valence-corrected chi connectivity index (χ1v) is 6.67. The molecule has 0 bridgehead atoms. The van der Waals surface area contributed by atoms with Crippen LogP contribution in [0.25, 0.3) is 0 Å². The van der Waals surface area contributed by atoms with Crippen molar-refractivity contribution in [2.24, 2.45) is 0 Å². The highest BCUT2D eigenvalue weighted by molar-refractivity contribution is 9.10. The third-order valence-corrected chi connectivity index (χ3v) is 3.88. The summed E-state index contributed by atoms with van der Waals surface area (Å²) in [6.45, 7) is 2.08. The number of benzene rings is 1. The van der Waals surface area contributed by atoms with Crippen LogP contribution in [0.4, 0.5) is 5.69 Å². The zero-order valence-corrected chi connectivity index (χ0v) is 11.1. The minimum absolute atomic E-state index is 0.201. The molecule has 88 valence electrons. The summed E-state index contributed by atoms with van der Waals surface area (Å²) in [5.41, 5.74) is 2.32. The fourth-order valence-corrected chi connectivity index (χ4v) is 2.59. The van der Waals surface area contributed by atoms with Crippen LogP contribution in [0.2, 0.25) is 0 Å². The van der Waals surface area contributed by atoms with Gasteiger partial charge in [0.1, 0.15) is 0 Å². The van der Waals surface area contributed by atoms with Gasteiger partial charge in [-0.3, -0.25) is 0 Å². The molecule has 2 rings (SSSR count). The Morgan fingerprint density at radius 2 is 2.06 bits per heavy atom. The fraction of sp³-hybridized carbons (Fsp3) is 0.538. The number of aryl methyl sites for hydroxylation is 1. The summed E-state index contributed by atoms with van der Waals surface area (Å²) in [5.74, 6) is 0. The topological polar surface area (TPSA) is 32.3 Å². The maximum absolute atomic E-state index is 9.91. The minimum Gasteiger partial charge on any atom is -0.391 e. The van der Waals surface area contributed by atoms with Crippen LogP contribution >= 0.6 is 15.9 Å². The van der Waals surface area contributed by atoms with E-state index in [-0.39, 0.29) is 12.1 Å². The van der Waals surface area contributed by atoms with Gasteiger partial charge < -0.3 is 10.4 Å². The number of hydrogen-bond acceptors (Lipinski definition) is 2. The molecule has 1 fully saturated rings. The molecule has 0 heterocycles. The van der Waals surface area contributed by atoms with Crippen molar-refractivity contribution in [2.75, 3.05) is 5.32 Å². The lowest BCUT2D eigenvalue weighted by atomic mass is 9.92. The van der Waals surface area contributed by atoms with Crippen molar-refractivity contribution >= 4 is 21.6 Å². The first-order chi connectivity index (χ1) is 7.66. The zero-order chi connectivity index (χ0) is 11.5. The predicted octanol–water partition coefficient (Wildman–Crippen LogP) is 3.47. The van der Waals surface area contributed by atoms with Gasteiger partial charge in [0, 0.05) is 10.2 Å². The Kier molecular flexibility index (Phi) is 3.87. The Labute approximate surface area is 105 Å². The molecule has 0 spiro atoms. The van der Waals surface area contributed by atoms with Crippen molar-refractivity contribution in [1.82, 2.24) is 0 Å². The lowest BCUT2D eigenvalue weighted by molar-refractivity contribution is 0.116. The van der Waals surface area contributed by atoms with Crippen LogP contribution in [-0.4, -0.2) is 17.3 Å². The second kappa shape index (κ2) is 5.19. The molecular weight excluding hydrogens is 266 g/mol. The van der Waals surface area contributed by atoms with Crippen LogP contribution < -0.4 is 5.32 Å². The van der Waals surface area contributed by atoms with E-state index in [9.17, 15) is 5.11 Å². The molecule has 1 aliphatic carbocycles. The van der Waals surface area contributed by atoms with Gasteiger partial charge in [0.25, 0.3) is 0 Å². The van der Waals surface area contributed by atoms with Crippen LogP contribution in [-0.2, 0) is 0 Å². The molecule has 2 atom stereocenters. The molecule has 0 aliphatic heterocycles. The molecule has 3 heteroatoms. The van der Waals surface area contributed by atoms with Crippen molar-refractivity contribution in [3.63, 3.8) is 0 Å². The summed E-state index contributed by atoms with van der Waals surface area (Å²) in [7, 11) is 0. The Balaban J connectivity index is 2.10. The fourth-order valence-electron chi connectivity index (χ4n) is 2.23. The summed E-state index contributed by atoms with van der Waals surface area (Å²) in [6, 6.07) is 6.44. The number of rotatable bonds is 2. The maximum Gasteiger partial charge on any atom is 0.0741 e. The zero-order valence-electron chi connectivity index (χ0n) is 9.54. The third kappa shape index (κ3) is 2.77. The quantitative estimate of drug-likeness (QED) is 0.871. The second-order valence-corrected chi connectivity index (χ2v) is 5.44. The van der Waals surface area contributed by atoms with Gasteiger partial charge in [-0.25, -0.2) is 0 Å². The number of aliphatic hydroxyl groups excluding tert-OH is 1. The van der Waals surface area contributed by atoms with Gasteiger partial charge in [-0.1, -0.05) is 18.9 Å². The summed E-state index contributed by atoms with van der Waals surface area (Å²) >= 11 is 3.53. The van der Waals surface area contributed by atoms with E-state index in [1.54, 1.807) is 0 Å². The number of halogens is 1. The van der Waals surface area contributed by atoms with Crippen molar-refractivity contribution in [1.29, 1.82) is 0 Å². The lowest BCUT2D eigenvalue weighted by Crippen LogP contribution is -2.36. The monoisotopic (exact) mass is 283 g/mol. The average Bonchev–Trinajstić information content (AvgIpc) is 2.27. The molecule has 2 nitrogen and oxygen atoms in total. The highest BCUT2D eigenvalue weighted by Crippen LogP contribution is 2.27. The van der Waals surface area contributed by atoms with Crippen LogP contribution in [0.1, 0.15) is 31.2 Å². The van der Waals surface area contributed by atoms with Crippen LogP contribution in [0.3, 0.4) is 0 Å². The SMILES string of the molecule is Cc1ccc(Br)c(N[C@@H]2CCCC[C@H]2O)c1. The molecule has 1 aromatic rings. The standard InChI is InChI=1S/C13H18BrNO/c1-9-6-7-10(14)12(8-9)15-11-4-2-3-5-13(11)16/h6-8,11,13,15-16H,2-5H2,1H3/t11-,13-/m1/s1. The molecule has 1 aromatic carbocycles. The van der Waals surface area contributed by atoms with E-state index in [0.717, 1.165) is 29.4 Å². The molecule has 1 saturated carbocycles. The van der Waals surface area contributed by atoms with Gasteiger partial charge in [-0.15, -0.1) is 0 Å². The maximum atomic E-state index is 9.91. The summed E-state index contributed by atoms with van der Waals surface area (Å²) in [4.78, 5) is 0. The van der Waals surface area contributed by atoms with Crippen molar-refractivity contribution in [3.05, 3.63) is 28.2 Å². The average molecular weight is 284 g/mol. The van der Waals surface area contributed by atoms with E-state index in [1.807, 2.05) is 6.07 Å². The van der Waals surface area contributed by atoms with Crippen molar-refractivity contribution < 1.29 is 5.11 Å². The van der Waals surface area contributed by atoms with E-state index < -0.39 is 0 Å². The van der Waals surface area contributed by atoms with E-state index >= 15 is 0 Å². The number of anilines is 1. The van der Waals surface area contributed by atoms with Crippen molar-refractivity contribution in [3.8, 4) is 0 Å². The van der Waals surface area contributed by atoms with Gasteiger partial charge in [0.2, 0.25) is 0 Å². The lowest BCUT2D eigenvalue weighted by Gasteiger charge is -2.29. The molecule has 0 radical (unpaired) electrons. The van der Waals surface area contributed by atoms with Gasteiger partial charge in [-0.05, 0) is 53.4 Å². The van der Waals surface area contributed by atoms with Gasteiger partial charge >= 0.3 is 0 Å². The van der Waals surface area contributed by atoms with E-state index in [0.29, 0.717) is 0 Å². The molecule has 1 aliphatic rings. The molecule has 0 saturated heterocycles. The molecule has 2 N–H and O–H groups in total. The molecular formula is C13H18BrNO. The molecule has 0 unspecified atom stereocenters.